The summed E-state index contributed by atoms with van der Waals surface area (Å²) in [5.74, 6) is 0.611. The lowest BCUT2D eigenvalue weighted by Crippen LogP contribution is -2.10. The summed E-state index contributed by atoms with van der Waals surface area (Å²) in [6.45, 7) is 2.36. The Labute approximate surface area is 161 Å². The molecule has 28 heavy (non-hydrogen) atoms. The molecule has 0 N–H and O–H groups in total. The molecule has 0 aliphatic carbocycles. The smallest absolute Gasteiger partial charge is 0.420 e. The van der Waals surface area contributed by atoms with Crippen LogP contribution in [0.4, 0.5) is 13.2 Å². The first-order valence-electron chi connectivity index (χ1n) is 8.30. The molecule has 4 aromatic rings. The Bertz CT molecular complexity index is 1180. The zero-order valence-electron chi connectivity index (χ0n) is 15.2. The van der Waals surface area contributed by atoms with Crippen LogP contribution in [-0.2, 0) is 13.2 Å². The highest BCUT2D eigenvalue weighted by molar-refractivity contribution is 7.98. The highest BCUT2D eigenvalue weighted by Crippen LogP contribution is 2.39. The van der Waals surface area contributed by atoms with Gasteiger partial charge in [0.25, 0.3) is 0 Å². The van der Waals surface area contributed by atoms with E-state index in [4.69, 9.17) is 4.74 Å². The number of fused-ring (bicyclic) bond motifs is 3. The van der Waals surface area contributed by atoms with Crippen molar-refractivity contribution in [2.75, 3.05) is 12.9 Å². The van der Waals surface area contributed by atoms with Crippen molar-refractivity contribution in [3.05, 3.63) is 30.1 Å². The van der Waals surface area contributed by atoms with Crippen molar-refractivity contribution in [1.82, 2.24) is 29.4 Å². The van der Waals surface area contributed by atoms with E-state index >= 15 is 0 Å². The summed E-state index contributed by atoms with van der Waals surface area (Å²) in [5, 5.41) is 9.46. The maximum absolute atomic E-state index is 13.6. The van der Waals surface area contributed by atoms with Gasteiger partial charge in [0.2, 0.25) is 0 Å². The van der Waals surface area contributed by atoms with Gasteiger partial charge in [-0.3, -0.25) is 0 Å². The minimum atomic E-state index is -4.61. The molecule has 0 aliphatic heterocycles. The van der Waals surface area contributed by atoms with E-state index in [2.05, 4.69) is 20.2 Å². The molecule has 0 saturated heterocycles. The van der Waals surface area contributed by atoms with Gasteiger partial charge in [0, 0.05) is 13.2 Å². The van der Waals surface area contributed by atoms with Crippen molar-refractivity contribution in [1.29, 1.82) is 0 Å². The van der Waals surface area contributed by atoms with E-state index in [1.54, 1.807) is 36.1 Å². The Kier molecular flexibility index (Phi) is 4.41. The lowest BCUT2D eigenvalue weighted by molar-refractivity contribution is -0.137. The summed E-state index contributed by atoms with van der Waals surface area (Å²) in [7, 11) is 1.63. The third-order valence-electron chi connectivity index (χ3n) is 4.17. The Morgan fingerprint density at radius 3 is 2.64 bits per heavy atom. The maximum atomic E-state index is 13.6. The fourth-order valence-electron chi connectivity index (χ4n) is 2.99. The third-order valence-corrected chi connectivity index (χ3v) is 4.73. The number of halogens is 3. The average Bonchev–Trinajstić information content (AvgIpc) is 3.18. The Morgan fingerprint density at radius 1 is 1.18 bits per heavy atom. The number of hydrogen-bond donors (Lipinski definition) is 0. The minimum Gasteiger partial charge on any atom is -0.492 e. The summed E-state index contributed by atoms with van der Waals surface area (Å²) in [5.41, 5.74) is -0.0291. The monoisotopic (exact) mass is 408 g/mol. The van der Waals surface area contributed by atoms with Crippen LogP contribution in [0.3, 0.4) is 0 Å². The maximum Gasteiger partial charge on any atom is 0.420 e. The number of aryl methyl sites for hydroxylation is 1. The molecule has 0 fully saturated rings. The molecule has 0 spiro atoms. The quantitative estimate of drug-likeness (QED) is 0.378. The van der Waals surface area contributed by atoms with Crippen LogP contribution in [0, 0.1) is 0 Å². The second-order valence-corrected chi connectivity index (χ2v) is 6.69. The Hall–Kier alpha value is -2.82. The molecule has 0 bridgehead atoms. The SMILES string of the molecule is CCOc1ccc2c3c(-c4nc(SC)ncc4C(F)(F)F)nn(C)c3nn2c1. The normalized spacial score (nSPS) is 12.2. The molecule has 4 heterocycles. The lowest BCUT2D eigenvalue weighted by atomic mass is 10.1. The lowest BCUT2D eigenvalue weighted by Gasteiger charge is -2.11. The molecule has 7 nitrogen and oxygen atoms in total. The Balaban J connectivity index is 2.03. The van der Waals surface area contributed by atoms with Crippen molar-refractivity contribution < 1.29 is 17.9 Å². The van der Waals surface area contributed by atoms with Gasteiger partial charge >= 0.3 is 6.18 Å². The van der Waals surface area contributed by atoms with Crippen LogP contribution in [0.5, 0.6) is 5.75 Å². The standard InChI is InChI=1S/C17H15F3N6OS/c1-4-27-9-5-6-11-12-14(23-25(2)15(12)24-26(11)8-9)13-10(17(18,19)20)7-21-16(22-13)28-3/h5-8H,4H2,1-3H3. The predicted octanol–water partition coefficient (Wildman–Crippen LogP) is 3.82. The minimum absolute atomic E-state index is 0.113. The zero-order valence-corrected chi connectivity index (χ0v) is 16.0. The molecular formula is C17H15F3N6OS. The van der Waals surface area contributed by atoms with Crippen molar-refractivity contribution in [3.63, 3.8) is 0 Å². The molecule has 0 radical (unpaired) electrons. The van der Waals surface area contributed by atoms with Crippen LogP contribution in [0.2, 0.25) is 0 Å². The molecular weight excluding hydrogens is 393 g/mol. The largest absolute Gasteiger partial charge is 0.492 e. The average molecular weight is 408 g/mol. The first-order chi connectivity index (χ1) is 13.3. The van der Waals surface area contributed by atoms with Crippen LogP contribution in [-0.4, -0.2) is 42.2 Å². The third kappa shape index (κ3) is 2.95. The van der Waals surface area contributed by atoms with Gasteiger partial charge in [-0.15, -0.1) is 5.10 Å². The first kappa shape index (κ1) is 18.5. The van der Waals surface area contributed by atoms with Crippen molar-refractivity contribution >= 4 is 28.3 Å². The van der Waals surface area contributed by atoms with E-state index in [-0.39, 0.29) is 16.5 Å². The number of nitrogens with zero attached hydrogens (tertiary/aromatic N) is 6. The molecule has 0 unspecified atom stereocenters. The van der Waals surface area contributed by atoms with Crippen LogP contribution < -0.4 is 4.74 Å². The van der Waals surface area contributed by atoms with Crippen molar-refractivity contribution in [2.24, 2.45) is 7.05 Å². The number of hydrogen-bond acceptors (Lipinski definition) is 6. The highest BCUT2D eigenvalue weighted by atomic mass is 32.2. The predicted molar refractivity (Wildman–Crippen MR) is 98.4 cm³/mol. The van der Waals surface area contributed by atoms with Gasteiger partial charge in [-0.2, -0.15) is 18.3 Å². The number of alkyl halides is 3. The molecule has 4 rings (SSSR count). The zero-order chi connectivity index (χ0) is 20.1. The summed E-state index contributed by atoms with van der Waals surface area (Å²) in [6.07, 6.45) is -0.430. The van der Waals surface area contributed by atoms with E-state index in [0.29, 0.717) is 28.9 Å². The number of pyridine rings is 1. The highest BCUT2D eigenvalue weighted by Gasteiger charge is 2.37. The van der Waals surface area contributed by atoms with Gasteiger partial charge in [0.15, 0.2) is 10.8 Å². The van der Waals surface area contributed by atoms with Gasteiger partial charge in [0.1, 0.15) is 22.7 Å². The van der Waals surface area contributed by atoms with E-state index in [9.17, 15) is 13.2 Å². The fourth-order valence-corrected chi connectivity index (χ4v) is 3.33. The number of rotatable bonds is 4. The van der Waals surface area contributed by atoms with Crippen LogP contribution >= 0.6 is 11.8 Å². The van der Waals surface area contributed by atoms with E-state index in [1.165, 1.54) is 4.68 Å². The number of ether oxygens (including phenoxy) is 1. The van der Waals surface area contributed by atoms with Gasteiger partial charge in [-0.25, -0.2) is 19.2 Å². The molecule has 4 aromatic heterocycles. The molecule has 0 aromatic carbocycles. The summed E-state index contributed by atoms with van der Waals surface area (Å²) in [6, 6.07) is 3.49. The van der Waals surface area contributed by atoms with Crippen LogP contribution in [0.25, 0.3) is 27.9 Å². The summed E-state index contributed by atoms with van der Waals surface area (Å²) in [4.78, 5) is 7.90. The molecule has 0 aliphatic rings. The van der Waals surface area contributed by atoms with Gasteiger partial charge in [-0.1, -0.05) is 11.8 Å². The fraction of sp³-hybridized carbons (Fsp3) is 0.294. The molecule has 0 atom stereocenters. The van der Waals surface area contributed by atoms with E-state index in [0.717, 1.165) is 18.0 Å². The second kappa shape index (κ2) is 6.66. The van der Waals surface area contributed by atoms with Gasteiger partial charge in [0.05, 0.1) is 23.7 Å². The topological polar surface area (TPSA) is 70.1 Å². The van der Waals surface area contributed by atoms with E-state index < -0.39 is 11.7 Å². The second-order valence-electron chi connectivity index (χ2n) is 5.92. The first-order valence-corrected chi connectivity index (χ1v) is 9.52. The molecule has 0 amide bonds. The number of thioether (sulfide) groups is 1. The van der Waals surface area contributed by atoms with Crippen molar-refractivity contribution in [2.45, 2.75) is 18.3 Å². The Morgan fingerprint density at radius 2 is 1.96 bits per heavy atom. The summed E-state index contributed by atoms with van der Waals surface area (Å²) < 4.78 is 49.3. The van der Waals surface area contributed by atoms with E-state index in [1.807, 2.05) is 6.92 Å². The molecule has 11 heteroatoms. The van der Waals surface area contributed by atoms with Gasteiger partial charge < -0.3 is 4.74 Å². The van der Waals surface area contributed by atoms with Crippen LogP contribution in [0.15, 0.2) is 29.7 Å². The molecule has 0 saturated carbocycles. The summed E-state index contributed by atoms with van der Waals surface area (Å²) >= 11 is 1.16. The number of aromatic nitrogens is 6. The van der Waals surface area contributed by atoms with Crippen LogP contribution in [0.1, 0.15) is 12.5 Å². The van der Waals surface area contributed by atoms with Gasteiger partial charge in [-0.05, 0) is 25.3 Å². The van der Waals surface area contributed by atoms with Crippen molar-refractivity contribution in [3.8, 4) is 17.1 Å². The molecule has 146 valence electrons.